The zero-order valence-electron chi connectivity index (χ0n) is 9.91. The first-order valence-corrected chi connectivity index (χ1v) is 7.95. The summed E-state index contributed by atoms with van der Waals surface area (Å²) < 4.78 is 1.94. The van der Waals surface area contributed by atoms with E-state index in [9.17, 15) is 5.11 Å². The lowest BCUT2D eigenvalue weighted by atomic mass is 10.2. The first-order chi connectivity index (χ1) is 9.28. The topological polar surface area (TPSA) is 37.5 Å². The van der Waals surface area contributed by atoms with E-state index in [4.69, 9.17) is 11.6 Å². The standard InChI is InChI=1S/C13H11ClN2OS2/c14-10-3-1-9(2-4-10)8-19-12-11(7-17)16-5-6-18-13(16)15-12/h1-6,17H,7-8H2. The normalized spacial score (nSPS) is 11.3. The largest absolute Gasteiger partial charge is 0.390 e. The molecule has 0 radical (unpaired) electrons. The summed E-state index contributed by atoms with van der Waals surface area (Å²) in [5.74, 6) is 0.814. The molecule has 0 aliphatic heterocycles. The maximum atomic E-state index is 9.47. The Morgan fingerprint density at radius 3 is 2.84 bits per heavy atom. The second-order valence-electron chi connectivity index (χ2n) is 3.99. The second-order valence-corrected chi connectivity index (χ2v) is 6.27. The molecule has 0 amide bonds. The van der Waals surface area contributed by atoms with Crippen molar-refractivity contribution >= 4 is 39.7 Å². The molecule has 19 heavy (non-hydrogen) atoms. The number of thiazole rings is 1. The minimum Gasteiger partial charge on any atom is -0.390 e. The molecule has 6 heteroatoms. The van der Waals surface area contributed by atoms with Gasteiger partial charge in [-0.25, -0.2) is 4.98 Å². The highest BCUT2D eigenvalue weighted by Gasteiger charge is 2.12. The molecule has 2 aromatic heterocycles. The number of fused-ring (bicyclic) bond motifs is 1. The van der Waals surface area contributed by atoms with E-state index < -0.39 is 0 Å². The predicted octanol–water partition coefficient (Wildman–Crippen LogP) is 3.83. The van der Waals surface area contributed by atoms with Gasteiger partial charge >= 0.3 is 0 Å². The van der Waals surface area contributed by atoms with Gasteiger partial charge in [0.1, 0.15) is 5.03 Å². The number of benzene rings is 1. The third-order valence-electron chi connectivity index (χ3n) is 2.76. The first kappa shape index (κ1) is 13.0. The van der Waals surface area contributed by atoms with Gasteiger partial charge in [-0.2, -0.15) is 0 Å². The van der Waals surface area contributed by atoms with Crippen LogP contribution in [-0.2, 0) is 12.4 Å². The van der Waals surface area contributed by atoms with Crippen LogP contribution in [0.15, 0.2) is 40.9 Å². The number of rotatable bonds is 4. The number of aromatic nitrogens is 2. The Kier molecular flexibility index (Phi) is 3.79. The van der Waals surface area contributed by atoms with Gasteiger partial charge in [-0.05, 0) is 17.7 Å². The van der Waals surface area contributed by atoms with Crippen LogP contribution in [0.3, 0.4) is 0 Å². The summed E-state index contributed by atoms with van der Waals surface area (Å²) in [4.78, 5) is 5.45. The molecule has 0 atom stereocenters. The maximum absolute atomic E-state index is 9.47. The molecule has 0 aliphatic carbocycles. The molecule has 0 saturated heterocycles. The Morgan fingerprint density at radius 2 is 2.11 bits per heavy atom. The molecule has 3 aromatic rings. The highest BCUT2D eigenvalue weighted by molar-refractivity contribution is 7.98. The molecule has 0 saturated carbocycles. The number of aliphatic hydroxyl groups excluding tert-OH is 1. The van der Waals surface area contributed by atoms with Gasteiger partial charge in [-0.3, -0.25) is 4.40 Å². The number of nitrogens with zero attached hydrogens (tertiary/aromatic N) is 2. The van der Waals surface area contributed by atoms with Crippen molar-refractivity contribution < 1.29 is 5.11 Å². The van der Waals surface area contributed by atoms with Gasteiger partial charge in [-0.15, -0.1) is 11.3 Å². The van der Waals surface area contributed by atoms with Crippen molar-refractivity contribution in [1.82, 2.24) is 9.38 Å². The monoisotopic (exact) mass is 310 g/mol. The third kappa shape index (κ3) is 2.65. The number of hydrogen-bond donors (Lipinski definition) is 1. The minimum atomic E-state index is 0.000844. The van der Waals surface area contributed by atoms with Gasteiger partial charge in [0.05, 0.1) is 12.3 Å². The van der Waals surface area contributed by atoms with E-state index in [1.165, 1.54) is 5.56 Å². The van der Waals surface area contributed by atoms with Gasteiger partial charge in [-0.1, -0.05) is 35.5 Å². The van der Waals surface area contributed by atoms with Crippen molar-refractivity contribution in [2.75, 3.05) is 0 Å². The molecule has 3 nitrogen and oxygen atoms in total. The number of halogens is 1. The van der Waals surface area contributed by atoms with Crippen molar-refractivity contribution in [3.63, 3.8) is 0 Å². The van der Waals surface area contributed by atoms with E-state index in [1.54, 1.807) is 23.1 Å². The molecule has 0 bridgehead atoms. The van der Waals surface area contributed by atoms with Crippen molar-refractivity contribution in [2.45, 2.75) is 17.4 Å². The Morgan fingerprint density at radius 1 is 1.32 bits per heavy atom. The average molecular weight is 311 g/mol. The lowest BCUT2D eigenvalue weighted by Crippen LogP contribution is -1.91. The van der Waals surface area contributed by atoms with E-state index in [-0.39, 0.29) is 6.61 Å². The van der Waals surface area contributed by atoms with Crippen LogP contribution in [0.25, 0.3) is 4.96 Å². The minimum absolute atomic E-state index is 0.000844. The molecule has 0 spiro atoms. The van der Waals surface area contributed by atoms with Crippen LogP contribution in [-0.4, -0.2) is 14.5 Å². The zero-order valence-corrected chi connectivity index (χ0v) is 12.3. The van der Waals surface area contributed by atoms with Gasteiger partial charge in [0.25, 0.3) is 0 Å². The first-order valence-electron chi connectivity index (χ1n) is 5.70. The molecule has 2 heterocycles. The molecule has 0 fully saturated rings. The molecular formula is C13H11ClN2OS2. The second kappa shape index (κ2) is 5.54. The summed E-state index contributed by atoms with van der Waals surface area (Å²) in [6.07, 6.45) is 1.94. The Labute approximate surface area is 123 Å². The van der Waals surface area contributed by atoms with Gasteiger partial charge in [0.15, 0.2) is 4.96 Å². The molecule has 0 aliphatic rings. The van der Waals surface area contributed by atoms with Crippen LogP contribution in [0, 0.1) is 0 Å². The molecule has 3 rings (SSSR count). The van der Waals surface area contributed by atoms with Crippen LogP contribution in [0.2, 0.25) is 5.02 Å². The quantitative estimate of drug-likeness (QED) is 0.744. The Hall–Kier alpha value is -1.01. The SMILES string of the molecule is OCc1c(SCc2ccc(Cl)cc2)nc2sccn12. The van der Waals surface area contributed by atoms with Gasteiger partial charge in [0.2, 0.25) is 0 Å². The fourth-order valence-electron chi connectivity index (χ4n) is 1.80. The smallest absolute Gasteiger partial charge is 0.195 e. The summed E-state index contributed by atoms with van der Waals surface area (Å²) in [7, 11) is 0. The molecular weight excluding hydrogens is 300 g/mol. The van der Waals surface area contributed by atoms with Crippen LogP contribution >= 0.6 is 34.7 Å². The molecule has 0 unspecified atom stereocenters. The Balaban J connectivity index is 1.81. The Bertz CT molecular complexity index is 690. The van der Waals surface area contributed by atoms with E-state index in [1.807, 2.05) is 40.2 Å². The lowest BCUT2D eigenvalue weighted by Gasteiger charge is -2.02. The van der Waals surface area contributed by atoms with Crippen LogP contribution < -0.4 is 0 Å². The number of aliphatic hydroxyl groups is 1. The van der Waals surface area contributed by atoms with Crippen LogP contribution in [0.1, 0.15) is 11.3 Å². The maximum Gasteiger partial charge on any atom is 0.195 e. The molecule has 1 aromatic carbocycles. The van der Waals surface area contributed by atoms with Crippen molar-refractivity contribution in [3.05, 3.63) is 52.1 Å². The summed E-state index contributed by atoms with van der Waals surface area (Å²) in [6.45, 7) is 0.000844. The zero-order chi connectivity index (χ0) is 13.2. The van der Waals surface area contributed by atoms with Crippen LogP contribution in [0.4, 0.5) is 0 Å². The van der Waals surface area contributed by atoms with E-state index in [0.717, 1.165) is 26.5 Å². The number of thioether (sulfide) groups is 1. The van der Waals surface area contributed by atoms with Crippen molar-refractivity contribution in [3.8, 4) is 0 Å². The summed E-state index contributed by atoms with van der Waals surface area (Å²) in [5, 5.41) is 13.1. The highest BCUT2D eigenvalue weighted by Crippen LogP contribution is 2.28. The third-order valence-corrected chi connectivity index (χ3v) is 4.85. The fourth-order valence-corrected chi connectivity index (χ4v) is 3.70. The highest BCUT2D eigenvalue weighted by atomic mass is 35.5. The predicted molar refractivity (Wildman–Crippen MR) is 80.0 cm³/mol. The molecule has 98 valence electrons. The summed E-state index contributed by atoms with van der Waals surface area (Å²) in [6, 6.07) is 7.78. The number of imidazole rings is 1. The lowest BCUT2D eigenvalue weighted by molar-refractivity contribution is 0.272. The van der Waals surface area contributed by atoms with Crippen molar-refractivity contribution in [1.29, 1.82) is 0 Å². The van der Waals surface area contributed by atoms with Gasteiger partial charge in [0, 0.05) is 22.4 Å². The van der Waals surface area contributed by atoms with E-state index >= 15 is 0 Å². The average Bonchev–Trinajstić information content (AvgIpc) is 2.98. The summed E-state index contributed by atoms with van der Waals surface area (Å²) >= 11 is 9.06. The van der Waals surface area contributed by atoms with Gasteiger partial charge < -0.3 is 5.11 Å². The summed E-state index contributed by atoms with van der Waals surface area (Å²) in [5.41, 5.74) is 2.05. The van der Waals surface area contributed by atoms with E-state index in [0.29, 0.717) is 0 Å². The van der Waals surface area contributed by atoms with E-state index in [2.05, 4.69) is 4.98 Å². The van der Waals surface area contributed by atoms with Crippen LogP contribution in [0.5, 0.6) is 0 Å². The number of hydrogen-bond acceptors (Lipinski definition) is 4. The van der Waals surface area contributed by atoms with Crippen molar-refractivity contribution in [2.24, 2.45) is 0 Å². The fraction of sp³-hybridized carbons (Fsp3) is 0.154. The molecule has 1 N–H and O–H groups in total.